The lowest BCUT2D eigenvalue weighted by Gasteiger charge is -2.18. The number of hydrogen-bond acceptors (Lipinski definition) is 1. The van der Waals surface area contributed by atoms with Gasteiger partial charge in [0.15, 0.2) is 0 Å². The smallest absolute Gasteiger partial charge is 0.254 e. The highest BCUT2D eigenvalue weighted by molar-refractivity contribution is 9.11. The van der Waals surface area contributed by atoms with Crippen molar-refractivity contribution < 1.29 is 4.79 Å². The number of carbonyl (C=O) groups is 1. The van der Waals surface area contributed by atoms with Gasteiger partial charge in [-0.25, -0.2) is 0 Å². The zero-order chi connectivity index (χ0) is 12.6. The van der Waals surface area contributed by atoms with Crippen LogP contribution in [0.15, 0.2) is 27.1 Å². The molecular weight excluding hydrogens is 346 g/mol. The maximum Gasteiger partial charge on any atom is 0.254 e. The lowest BCUT2D eigenvalue weighted by atomic mass is 10.2. The Balaban J connectivity index is 2.10. The molecule has 2 nitrogen and oxygen atoms in total. The minimum Gasteiger partial charge on any atom is -0.341 e. The molecule has 0 bridgehead atoms. The van der Waals surface area contributed by atoms with E-state index in [9.17, 15) is 4.79 Å². The van der Waals surface area contributed by atoms with Gasteiger partial charge in [-0.1, -0.05) is 22.9 Å². The molecule has 2 atom stereocenters. The first kappa shape index (κ1) is 13.1. The molecule has 1 aliphatic carbocycles. The van der Waals surface area contributed by atoms with Gasteiger partial charge in [-0.2, -0.15) is 0 Å². The predicted octanol–water partition coefficient (Wildman–Crippen LogP) is 3.94. The molecule has 1 aromatic rings. The van der Waals surface area contributed by atoms with Crippen molar-refractivity contribution in [2.45, 2.75) is 13.3 Å². The summed E-state index contributed by atoms with van der Waals surface area (Å²) in [5.41, 5.74) is 0.718. The highest BCUT2D eigenvalue weighted by Crippen LogP contribution is 2.38. The van der Waals surface area contributed by atoms with Gasteiger partial charge >= 0.3 is 0 Å². The second-order valence-electron chi connectivity index (χ2n) is 4.78. The predicted molar refractivity (Wildman–Crippen MR) is 76.1 cm³/mol. The lowest BCUT2D eigenvalue weighted by molar-refractivity contribution is 0.0786. The summed E-state index contributed by atoms with van der Waals surface area (Å²) in [6, 6.07) is 5.67. The van der Waals surface area contributed by atoms with Crippen molar-refractivity contribution in [1.82, 2.24) is 4.90 Å². The minimum atomic E-state index is 0.0808. The van der Waals surface area contributed by atoms with Crippen molar-refractivity contribution in [2.24, 2.45) is 11.8 Å². The van der Waals surface area contributed by atoms with Gasteiger partial charge in [0.05, 0.1) is 5.56 Å². The highest BCUT2D eigenvalue weighted by atomic mass is 79.9. The average Bonchev–Trinajstić information content (AvgIpc) is 2.96. The van der Waals surface area contributed by atoms with Crippen molar-refractivity contribution in [2.75, 3.05) is 13.6 Å². The number of carbonyl (C=O) groups excluding carboxylic acids is 1. The summed E-state index contributed by atoms with van der Waals surface area (Å²) in [6.45, 7) is 3.09. The number of hydrogen-bond donors (Lipinski definition) is 0. The molecule has 1 fully saturated rings. The number of benzene rings is 1. The van der Waals surface area contributed by atoms with Crippen molar-refractivity contribution in [3.05, 3.63) is 32.7 Å². The average molecular weight is 361 g/mol. The standard InChI is InChI=1S/C13H15Br2NO/c1-8-5-9(8)7-16(2)13(17)11-6-10(14)3-4-12(11)15/h3-4,6,8-9H,5,7H2,1-2H3. The van der Waals surface area contributed by atoms with E-state index >= 15 is 0 Å². The van der Waals surface area contributed by atoms with Gasteiger partial charge in [0, 0.05) is 22.5 Å². The molecule has 0 spiro atoms. The van der Waals surface area contributed by atoms with Crippen LogP contribution in [0.3, 0.4) is 0 Å². The highest BCUT2D eigenvalue weighted by Gasteiger charge is 2.34. The Labute approximate surface area is 119 Å². The molecule has 1 amide bonds. The van der Waals surface area contributed by atoms with Gasteiger partial charge in [0.25, 0.3) is 5.91 Å². The maximum absolute atomic E-state index is 12.3. The van der Waals surface area contributed by atoms with Crippen molar-refractivity contribution in [1.29, 1.82) is 0 Å². The molecule has 0 saturated heterocycles. The van der Waals surface area contributed by atoms with E-state index in [1.807, 2.05) is 30.1 Å². The number of nitrogens with zero attached hydrogens (tertiary/aromatic N) is 1. The van der Waals surface area contributed by atoms with E-state index in [4.69, 9.17) is 0 Å². The van der Waals surface area contributed by atoms with Crippen molar-refractivity contribution >= 4 is 37.8 Å². The Bertz CT molecular complexity index is 447. The van der Waals surface area contributed by atoms with Crippen LogP contribution in [0.5, 0.6) is 0 Å². The number of rotatable bonds is 3. The molecule has 4 heteroatoms. The van der Waals surface area contributed by atoms with Crippen LogP contribution in [0.4, 0.5) is 0 Å². The van der Waals surface area contributed by atoms with Crippen molar-refractivity contribution in [3.8, 4) is 0 Å². The van der Waals surface area contributed by atoms with E-state index in [0.29, 0.717) is 5.92 Å². The molecular formula is C13H15Br2NO. The van der Waals surface area contributed by atoms with E-state index in [1.165, 1.54) is 6.42 Å². The topological polar surface area (TPSA) is 20.3 Å². The molecule has 2 unspecified atom stereocenters. The summed E-state index contributed by atoms with van der Waals surface area (Å²) in [6.07, 6.45) is 1.25. The third-order valence-electron chi connectivity index (χ3n) is 3.29. The van der Waals surface area contributed by atoms with E-state index in [2.05, 4.69) is 38.8 Å². The van der Waals surface area contributed by atoms with Crippen LogP contribution in [0.1, 0.15) is 23.7 Å². The zero-order valence-corrected chi connectivity index (χ0v) is 13.1. The van der Waals surface area contributed by atoms with E-state index in [0.717, 1.165) is 27.0 Å². The van der Waals surface area contributed by atoms with E-state index < -0.39 is 0 Å². The number of halogens is 2. The summed E-state index contributed by atoms with van der Waals surface area (Å²) in [5, 5.41) is 0. The Morgan fingerprint density at radius 2 is 2.12 bits per heavy atom. The van der Waals surface area contributed by atoms with Crippen LogP contribution >= 0.6 is 31.9 Å². The normalized spacial score (nSPS) is 22.4. The summed E-state index contributed by atoms with van der Waals surface area (Å²) in [4.78, 5) is 14.1. The van der Waals surface area contributed by atoms with Gasteiger partial charge in [-0.3, -0.25) is 4.79 Å². The quantitative estimate of drug-likeness (QED) is 0.799. The lowest BCUT2D eigenvalue weighted by Crippen LogP contribution is -2.29. The summed E-state index contributed by atoms with van der Waals surface area (Å²) in [7, 11) is 1.88. The SMILES string of the molecule is CC1CC1CN(C)C(=O)c1cc(Br)ccc1Br. The van der Waals surface area contributed by atoms with Gasteiger partial charge in [-0.05, 0) is 52.4 Å². The van der Waals surface area contributed by atoms with Crippen LogP contribution < -0.4 is 0 Å². The third kappa shape index (κ3) is 3.10. The first-order valence-electron chi connectivity index (χ1n) is 5.69. The molecule has 1 saturated carbocycles. The molecule has 17 heavy (non-hydrogen) atoms. The molecule has 0 radical (unpaired) electrons. The Morgan fingerprint density at radius 1 is 1.47 bits per heavy atom. The van der Waals surface area contributed by atoms with Crippen LogP contribution in [0.2, 0.25) is 0 Å². The van der Waals surface area contributed by atoms with Gasteiger partial charge in [-0.15, -0.1) is 0 Å². The third-order valence-corrected chi connectivity index (χ3v) is 4.47. The fraction of sp³-hybridized carbons (Fsp3) is 0.462. The van der Waals surface area contributed by atoms with Crippen molar-refractivity contribution in [3.63, 3.8) is 0 Å². The van der Waals surface area contributed by atoms with Crippen LogP contribution in [0, 0.1) is 11.8 Å². The minimum absolute atomic E-state index is 0.0808. The Hall–Kier alpha value is -0.350. The summed E-state index contributed by atoms with van der Waals surface area (Å²) < 4.78 is 1.78. The summed E-state index contributed by atoms with van der Waals surface area (Å²) >= 11 is 6.82. The zero-order valence-electron chi connectivity index (χ0n) is 9.91. The van der Waals surface area contributed by atoms with Gasteiger partial charge in [0.2, 0.25) is 0 Å². The monoisotopic (exact) mass is 359 g/mol. The Kier molecular flexibility index (Phi) is 3.93. The largest absolute Gasteiger partial charge is 0.341 e. The first-order valence-corrected chi connectivity index (χ1v) is 7.28. The van der Waals surface area contributed by atoms with Gasteiger partial charge < -0.3 is 4.90 Å². The number of amides is 1. The van der Waals surface area contributed by atoms with Crippen LogP contribution in [0.25, 0.3) is 0 Å². The Morgan fingerprint density at radius 3 is 2.71 bits per heavy atom. The molecule has 92 valence electrons. The second-order valence-corrected chi connectivity index (χ2v) is 6.55. The van der Waals surface area contributed by atoms with Gasteiger partial charge in [0.1, 0.15) is 0 Å². The first-order chi connectivity index (χ1) is 7.99. The van der Waals surface area contributed by atoms with E-state index in [1.54, 1.807) is 0 Å². The maximum atomic E-state index is 12.3. The van der Waals surface area contributed by atoms with Crippen LogP contribution in [-0.4, -0.2) is 24.4 Å². The van der Waals surface area contributed by atoms with E-state index in [-0.39, 0.29) is 5.91 Å². The molecule has 0 N–H and O–H groups in total. The molecule has 2 rings (SSSR count). The fourth-order valence-electron chi connectivity index (χ4n) is 1.96. The fourth-order valence-corrected chi connectivity index (χ4v) is 2.73. The van der Waals surface area contributed by atoms with Crippen LogP contribution in [-0.2, 0) is 0 Å². The molecule has 0 aromatic heterocycles. The molecule has 1 aromatic carbocycles. The second kappa shape index (κ2) is 5.11. The molecule has 0 heterocycles. The molecule has 0 aliphatic heterocycles. The summed E-state index contributed by atoms with van der Waals surface area (Å²) in [5.74, 6) is 1.54. The molecule has 1 aliphatic rings.